The number of carbonyl (C=O) groups excluding carboxylic acids is 2. The van der Waals surface area contributed by atoms with Crippen LogP contribution >= 0.6 is 0 Å². The molecule has 1 N–H and O–H groups in total. The first-order valence-electron chi connectivity index (χ1n) is 8.59. The lowest BCUT2D eigenvalue weighted by Gasteiger charge is -2.22. The molecule has 7 heteroatoms. The molecule has 0 bridgehead atoms. The molecule has 2 aromatic carbocycles. The second kappa shape index (κ2) is 8.44. The Morgan fingerprint density at radius 1 is 1.07 bits per heavy atom. The van der Waals surface area contributed by atoms with Gasteiger partial charge >= 0.3 is 6.09 Å². The van der Waals surface area contributed by atoms with E-state index < -0.39 is 12.1 Å². The largest absolute Gasteiger partial charge is 0.496 e. The molecule has 0 aromatic heterocycles. The SMILES string of the molecule is COc1ccccc1CNC(=O)[C@@H]1COC(=O)N1Cc1ccccc1OC. The normalized spacial score (nSPS) is 16.0. The van der Waals surface area contributed by atoms with Gasteiger partial charge in [-0.3, -0.25) is 9.69 Å². The van der Waals surface area contributed by atoms with Crippen LogP contribution in [-0.2, 0) is 22.6 Å². The lowest BCUT2D eigenvalue weighted by atomic mass is 10.1. The van der Waals surface area contributed by atoms with Crippen LogP contribution in [0.2, 0.25) is 0 Å². The number of nitrogens with one attached hydrogen (secondary N) is 1. The van der Waals surface area contributed by atoms with Gasteiger partial charge in [-0.2, -0.15) is 0 Å². The number of cyclic esters (lactones) is 1. The summed E-state index contributed by atoms with van der Waals surface area (Å²) in [5.41, 5.74) is 1.66. The minimum Gasteiger partial charge on any atom is -0.496 e. The van der Waals surface area contributed by atoms with Gasteiger partial charge in [-0.15, -0.1) is 0 Å². The van der Waals surface area contributed by atoms with Gasteiger partial charge in [0.15, 0.2) is 0 Å². The number of nitrogens with zero attached hydrogens (tertiary/aromatic N) is 1. The Morgan fingerprint density at radius 3 is 2.33 bits per heavy atom. The third-order valence-corrected chi connectivity index (χ3v) is 4.46. The zero-order valence-electron chi connectivity index (χ0n) is 15.3. The molecule has 2 amide bonds. The maximum Gasteiger partial charge on any atom is 0.410 e. The second-order valence-corrected chi connectivity index (χ2v) is 6.06. The number of rotatable bonds is 7. The third-order valence-electron chi connectivity index (χ3n) is 4.46. The average molecular weight is 370 g/mol. The number of hydrogen-bond donors (Lipinski definition) is 1. The Morgan fingerprint density at radius 2 is 1.67 bits per heavy atom. The van der Waals surface area contributed by atoms with E-state index in [4.69, 9.17) is 14.2 Å². The van der Waals surface area contributed by atoms with Crippen LogP contribution in [0.5, 0.6) is 11.5 Å². The molecule has 0 aliphatic carbocycles. The highest BCUT2D eigenvalue weighted by atomic mass is 16.6. The van der Waals surface area contributed by atoms with E-state index in [2.05, 4.69) is 5.32 Å². The fraction of sp³-hybridized carbons (Fsp3) is 0.300. The average Bonchev–Trinajstić information content (AvgIpc) is 3.07. The van der Waals surface area contributed by atoms with Crippen LogP contribution in [-0.4, -0.2) is 43.8 Å². The molecular formula is C20H22N2O5. The molecule has 1 aliphatic heterocycles. The smallest absolute Gasteiger partial charge is 0.410 e. The lowest BCUT2D eigenvalue weighted by molar-refractivity contribution is -0.125. The molecule has 3 rings (SSSR count). The molecule has 0 radical (unpaired) electrons. The lowest BCUT2D eigenvalue weighted by Crippen LogP contribution is -2.45. The van der Waals surface area contributed by atoms with Crippen molar-refractivity contribution in [3.63, 3.8) is 0 Å². The van der Waals surface area contributed by atoms with E-state index in [1.54, 1.807) is 14.2 Å². The van der Waals surface area contributed by atoms with E-state index in [0.717, 1.165) is 11.1 Å². The molecule has 1 aliphatic rings. The van der Waals surface area contributed by atoms with Gasteiger partial charge in [-0.1, -0.05) is 36.4 Å². The van der Waals surface area contributed by atoms with E-state index in [1.165, 1.54) is 4.90 Å². The van der Waals surface area contributed by atoms with Gasteiger partial charge in [0.05, 0.1) is 20.8 Å². The number of carbonyl (C=O) groups is 2. The molecule has 142 valence electrons. The van der Waals surface area contributed by atoms with Gasteiger partial charge in [-0.05, 0) is 12.1 Å². The first-order chi connectivity index (χ1) is 13.1. The molecule has 1 fully saturated rings. The molecular weight excluding hydrogens is 348 g/mol. The van der Waals surface area contributed by atoms with Crippen molar-refractivity contribution in [1.82, 2.24) is 10.2 Å². The van der Waals surface area contributed by atoms with Crippen molar-refractivity contribution in [3.05, 3.63) is 59.7 Å². The van der Waals surface area contributed by atoms with Crippen molar-refractivity contribution in [1.29, 1.82) is 0 Å². The predicted molar refractivity (Wildman–Crippen MR) is 98.5 cm³/mol. The summed E-state index contributed by atoms with van der Waals surface area (Å²) in [4.78, 5) is 26.2. The van der Waals surface area contributed by atoms with Crippen LogP contribution in [0.3, 0.4) is 0 Å². The van der Waals surface area contributed by atoms with Crippen LogP contribution in [0.1, 0.15) is 11.1 Å². The highest BCUT2D eigenvalue weighted by Gasteiger charge is 2.38. The van der Waals surface area contributed by atoms with Crippen LogP contribution in [0, 0.1) is 0 Å². The summed E-state index contributed by atoms with van der Waals surface area (Å²) in [6.07, 6.45) is -0.515. The van der Waals surface area contributed by atoms with Crippen molar-refractivity contribution in [3.8, 4) is 11.5 Å². The number of methoxy groups -OCH3 is 2. The Hall–Kier alpha value is -3.22. The Balaban J connectivity index is 1.69. The van der Waals surface area contributed by atoms with Gasteiger partial charge in [-0.25, -0.2) is 4.79 Å². The van der Waals surface area contributed by atoms with Crippen LogP contribution < -0.4 is 14.8 Å². The first-order valence-corrected chi connectivity index (χ1v) is 8.59. The van der Waals surface area contributed by atoms with Gasteiger partial charge in [0.25, 0.3) is 0 Å². The number of amides is 2. The predicted octanol–water partition coefficient (Wildman–Crippen LogP) is 2.34. The van der Waals surface area contributed by atoms with E-state index >= 15 is 0 Å². The van der Waals surface area contributed by atoms with Crippen LogP contribution in [0.25, 0.3) is 0 Å². The van der Waals surface area contributed by atoms with E-state index in [9.17, 15) is 9.59 Å². The summed E-state index contributed by atoms with van der Waals surface area (Å²) in [5, 5.41) is 2.86. The van der Waals surface area contributed by atoms with Crippen molar-refractivity contribution >= 4 is 12.0 Å². The minimum atomic E-state index is -0.697. The molecule has 7 nitrogen and oxygen atoms in total. The second-order valence-electron chi connectivity index (χ2n) is 6.06. The van der Waals surface area contributed by atoms with Crippen molar-refractivity contribution in [2.75, 3.05) is 20.8 Å². The molecule has 1 heterocycles. The Labute approximate surface area is 157 Å². The summed E-state index contributed by atoms with van der Waals surface area (Å²) >= 11 is 0. The topological polar surface area (TPSA) is 77.1 Å². The molecule has 0 unspecified atom stereocenters. The van der Waals surface area contributed by atoms with Crippen LogP contribution in [0.15, 0.2) is 48.5 Å². The quantitative estimate of drug-likeness (QED) is 0.810. The minimum absolute atomic E-state index is 0.0196. The monoisotopic (exact) mass is 370 g/mol. The summed E-state index contributed by atoms with van der Waals surface area (Å²) in [6.45, 7) is 0.553. The number of ether oxygens (including phenoxy) is 3. The van der Waals surface area contributed by atoms with Gasteiger partial charge < -0.3 is 19.5 Å². The van der Waals surface area contributed by atoms with E-state index in [0.29, 0.717) is 18.0 Å². The standard InChI is InChI=1S/C20H22N2O5/c1-25-17-9-5-3-7-14(17)11-21-19(23)16-13-27-20(24)22(16)12-15-8-4-6-10-18(15)26-2/h3-10,16H,11-13H2,1-2H3,(H,21,23)/t16-/m0/s1. The fourth-order valence-corrected chi connectivity index (χ4v) is 3.01. The first kappa shape index (κ1) is 18.6. The number of benzene rings is 2. The molecule has 1 saturated heterocycles. The van der Waals surface area contributed by atoms with Gasteiger partial charge in [0.1, 0.15) is 24.1 Å². The Bertz CT molecular complexity index is 824. The molecule has 27 heavy (non-hydrogen) atoms. The molecule has 1 atom stereocenters. The summed E-state index contributed by atoms with van der Waals surface area (Å²) < 4.78 is 15.7. The maximum absolute atomic E-state index is 12.7. The summed E-state index contributed by atoms with van der Waals surface area (Å²) in [6, 6.07) is 14.1. The van der Waals surface area contributed by atoms with Crippen molar-refractivity contribution in [2.45, 2.75) is 19.1 Å². The van der Waals surface area contributed by atoms with E-state index in [-0.39, 0.29) is 19.1 Å². The summed E-state index contributed by atoms with van der Waals surface area (Å²) in [7, 11) is 3.15. The highest BCUT2D eigenvalue weighted by molar-refractivity contribution is 5.88. The molecule has 0 spiro atoms. The molecule has 0 saturated carbocycles. The zero-order valence-corrected chi connectivity index (χ0v) is 15.3. The highest BCUT2D eigenvalue weighted by Crippen LogP contribution is 2.23. The van der Waals surface area contributed by atoms with Crippen molar-refractivity contribution < 1.29 is 23.8 Å². The van der Waals surface area contributed by atoms with Crippen LogP contribution in [0.4, 0.5) is 4.79 Å². The zero-order chi connectivity index (χ0) is 19.2. The van der Waals surface area contributed by atoms with E-state index in [1.807, 2.05) is 48.5 Å². The molecule has 2 aromatic rings. The Kier molecular flexibility index (Phi) is 5.80. The fourth-order valence-electron chi connectivity index (χ4n) is 3.01. The number of para-hydroxylation sites is 2. The van der Waals surface area contributed by atoms with Crippen molar-refractivity contribution in [2.24, 2.45) is 0 Å². The number of hydrogen-bond acceptors (Lipinski definition) is 5. The van der Waals surface area contributed by atoms with Gasteiger partial charge in [0, 0.05) is 17.7 Å². The summed E-state index contributed by atoms with van der Waals surface area (Å²) in [5.74, 6) is 1.08. The maximum atomic E-state index is 12.7. The van der Waals surface area contributed by atoms with Gasteiger partial charge in [0.2, 0.25) is 5.91 Å². The third kappa shape index (κ3) is 4.13.